The van der Waals surface area contributed by atoms with E-state index in [1.807, 2.05) is 24.3 Å². The summed E-state index contributed by atoms with van der Waals surface area (Å²) in [4.78, 5) is 5.45. The highest BCUT2D eigenvalue weighted by Crippen LogP contribution is 2.40. The van der Waals surface area contributed by atoms with E-state index in [4.69, 9.17) is 5.26 Å². The van der Waals surface area contributed by atoms with Crippen molar-refractivity contribution in [2.24, 2.45) is 0 Å². The molecule has 2 aromatic carbocycles. The Morgan fingerprint density at radius 3 is 3.00 bits per heavy atom. The van der Waals surface area contributed by atoms with Crippen molar-refractivity contribution >= 4 is 11.3 Å². The van der Waals surface area contributed by atoms with Crippen LogP contribution in [-0.2, 0) is 6.42 Å². The molecular weight excluding hydrogens is 323 g/mol. The maximum Gasteiger partial charge on any atom is 0.140 e. The average Bonchev–Trinajstić information content (AvgIpc) is 3.23. The van der Waals surface area contributed by atoms with Gasteiger partial charge in [0.05, 0.1) is 16.5 Å². The van der Waals surface area contributed by atoms with Crippen molar-refractivity contribution in [2.75, 3.05) is 0 Å². The van der Waals surface area contributed by atoms with Gasteiger partial charge in [0.1, 0.15) is 16.9 Å². The molecule has 1 heterocycles. The first-order chi connectivity index (χ1) is 11.7. The molecule has 0 saturated heterocycles. The van der Waals surface area contributed by atoms with Crippen LogP contribution >= 0.6 is 11.3 Å². The van der Waals surface area contributed by atoms with Crippen LogP contribution in [0.4, 0.5) is 4.39 Å². The molecule has 3 aromatic rings. The molecule has 4 rings (SSSR count). The van der Waals surface area contributed by atoms with Gasteiger partial charge in [0, 0.05) is 11.8 Å². The molecule has 24 heavy (non-hydrogen) atoms. The Hall–Kier alpha value is -2.55. The van der Waals surface area contributed by atoms with Crippen LogP contribution < -0.4 is 0 Å². The van der Waals surface area contributed by atoms with Crippen molar-refractivity contribution in [3.8, 4) is 27.1 Å². The molecule has 5 heteroatoms. The van der Waals surface area contributed by atoms with Gasteiger partial charge in [-0.25, -0.2) is 9.37 Å². The fourth-order valence-electron chi connectivity index (χ4n) is 3.14. The fourth-order valence-corrected chi connectivity index (χ4v) is 4.10. The summed E-state index contributed by atoms with van der Waals surface area (Å²) in [5.41, 5.74) is 4.02. The number of thiazole rings is 1. The van der Waals surface area contributed by atoms with E-state index in [1.54, 1.807) is 12.3 Å². The molecule has 1 atom stereocenters. The zero-order chi connectivity index (χ0) is 16.7. The van der Waals surface area contributed by atoms with Crippen LogP contribution in [0.25, 0.3) is 21.0 Å². The van der Waals surface area contributed by atoms with Crippen LogP contribution in [0.15, 0.2) is 42.6 Å². The van der Waals surface area contributed by atoms with Crippen molar-refractivity contribution < 1.29 is 9.50 Å². The standard InChI is InChI=1S/C19H13FN2OS/c20-16-6-4-11(8-12(16)9-21)19-22-10-18(24-19)15-3-1-2-14-13(15)5-7-17(14)23/h1-4,6,8,10,17,23H,5,7H2/t17-/m0/s1. The fraction of sp³-hybridized carbons (Fsp3) is 0.158. The first-order valence-electron chi connectivity index (χ1n) is 7.63. The largest absolute Gasteiger partial charge is 0.388 e. The molecule has 0 aliphatic heterocycles. The van der Waals surface area contributed by atoms with E-state index < -0.39 is 5.82 Å². The summed E-state index contributed by atoms with van der Waals surface area (Å²) >= 11 is 1.51. The second-order valence-electron chi connectivity index (χ2n) is 5.76. The van der Waals surface area contributed by atoms with Gasteiger partial charge in [-0.1, -0.05) is 18.2 Å². The molecule has 0 bridgehead atoms. The quantitative estimate of drug-likeness (QED) is 0.751. The van der Waals surface area contributed by atoms with Crippen LogP contribution in [0, 0.1) is 17.1 Å². The number of rotatable bonds is 2. The number of nitriles is 1. The normalized spacial score (nSPS) is 16.0. The Labute approximate surface area is 142 Å². The second kappa shape index (κ2) is 5.82. The van der Waals surface area contributed by atoms with Crippen molar-refractivity contribution in [1.82, 2.24) is 4.98 Å². The van der Waals surface area contributed by atoms with E-state index in [0.717, 1.165) is 39.4 Å². The Morgan fingerprint density at radius 2 is 2.17 bits per heavy atom. The predicted octanol–water partition coefficient (Wildman–Crippen LogP) is 4.47. The molecule has 3 nitrogen and oxygen atoms in total. The van der Waals surface area contributed by atoms with Crippen LogP contribution in [0.3, 0.4) is 0 Å². The first-order valence-corrected chi connectivity index (χ1v) is 8.45. The first kappa shape index (κ1) is 15.0. The molecule has 0 saturated carbocycles. The highest BCUT2D eigenvalue weighted by atomic mass is 32.1. The van der Waals surface area contributed by atoms with Crippen LogP contribution in [-0.4, -0.2) is 10.1 Å². The molecular formula is C19H13FN2OS. The SMILES string of the molecule is N#Cc1cc(-c2ncc(-c3cccc4c3CC[C@@H]4O)s2)ccc1F. The third-order valence-corrected chi connectivity index (χ3v) is 5.42. The number of aliphatic hydroxyl groups excluding tert-OH is 1. The summed E-state index contributed by atoms with van der Waals surface area (Å²) in [5.74, 6) is -0.520. The number of halogens is 1. The summed E-state index contributed by atoms with van der Waals surface area (Å²) < 4.78 is 13.5. The van der Waals surface area contributed by atoms with Gasteiger partial charge < -0.3 is 5.11 Å². The Morgan fingerprint density at radius 1 is 1.29 bits per heavy atom. The molecule has 0 unspecified atom stereocenters. The van der Waals surface area contributed by atoms with Gasteiger partial charge in [-0.05, 0) is 47.7 Å². The lowest BCUT2D eigenvalue weighted by Gasteiger charge is -2.07. The number of aliphatic hydroxyl groups is 1. The minimum absolute atomic E-state index is 0.0213. The van der Waals surface area contributed by atoms with E-state index in [1.165, 1.54) is 29.0 Å². The molecule has 0 radical (unpaired) electrons. The van der Waals surface area contributed by atoms with Gasteiger partial charge >= 0.3 is 0 Å². The maximum atomic E-state index is 13.5. The van der Waals surface area contributed by atoms with Crippen LogP contribution in [0.1, 0.15) is 29.2 Å². The van der Waals surface area contributed by atoms with Crippen molar-refractivity contribution in [1.29, 1.82) is 5.26 Å². The number of aromatic nitrogens is 1. The highest BCUT2D eigenvalue weighted by Gasteiger charge is 2.23. The lowest BCUT2D eigenvalue weighted by molar-refractivity contribution is 0.180. The molecule has 1 aromatic heterocycles. The van der Waals surface area contributed by atoms with Gasteiger partial charge in [0.25, 0.3) is 0 Å². The van der Waals surface area contributed by atoms with Gasteiger partial charge in [-0.2, -0.15) is 5.26 Å². The minimum Gasteiger partial charge on any atom is -0.388 e. The van der Waals surface area contributed by atoms with Crippen LogP contribution in [0.2, 0.25) is 0 Å². The molecule has 0 fully saturated rings. The highest BCUT2D eigenvalue weighted by molar-refractivity contribution is 7.18. The monoisotopic (exact) mass is 336 g/mol. The molecule has 1 aliphatic rings. The summed E-state index contributed by atoms with van der Waals surface area (Å²) in [6.45, 7) is 0. The second-order valence-corrected chi connectivity index (χ2v) is 6.79. The number of hydrogen-bond acceptors (Lipinski definition) is 4. The zero-order valence-corrected chi connectivity index (χ0v) is 13.5. The lowest BCUT2D eigenvalue weighted by atomic mass is 10.0. The van der Waals surface area contributed by atoms with Crippen molar-refractivity contribution in [2.45, 2.75) is 18.9 Å². The van der Waals surface area contributed by atoms with Gasteiger partial charge in [-0.3, -0.25) is 0 Å². The van der Waals surface area contributed by atoms with E-state index in [2.05, 4.69) is 4.98 Å². The number of hydrogen-bond donors (Lipinski definition) is 1. The number of benzene rings is 2. The molecule has 0 spiro atoms. The Balaban J connectivity index is 1.76. The zero-order valence-electron chi connectivity index (χ0n) is 12.7. The molecule has 1 aliphatic carbocycles. The van der Waals surface area contributed by atoms with E-state index in [9.17, 15) is 9.50 Å². The maximum absolute atomic E-state index is 13.5. The predicted molar refractivity (Wildman–Crippen MR) is 90.9 cm³/mol. The Kier molecular flexibility index (Phi) is 3.64. The van der Waals surface area contributed by atoms with E-state index in [-0.39, 0.29) is 11.7 Å². The van der Waals surface area contributed by atoms with E-state index >= 15 is 0 Å². The summed E-state index contributed by atoms with van der Waals surface area (Å²) in [7, 11) is 0. The summed E-state index contributed by atoms with van der Waals surface area (Å²) in [6, 6.07) is 12.3. The topological polar surface area (TPSA) is 56.9 Å². The van der Waals surface area contributed by atoms with Gasteiger partial charge in [0.15, 0.2) is 0 Å². The number of fused-ring (bicyclic) bond motifs is 1. The summed E-state index contributed by atoms with van der Waals surface area (Å²) in [6.07, 6.45) is 3.02. The molecule has 1 N–H and O–H groups in total. The third-order valence-electron chi connectivity index (χ3n) is 4.34. The summed E-state index contributed by atoms with van der Waals surface area (Å²) in [5, 5.41) is 19.8. The smallest absolute Gasteiger partial charge is 0.140 e. The van der Waals surface area contributed by atoms with E-state index in [0.29, 0.717) is 0 Å². The lowest BCUT2D eigenvalue weighted by Crippen LogP contribution is -1.90. The van der Waals surface area contributed by atoms with Crippen molar-refractivity contribution in [3.05, 3.63) is 65.1 Å². The van der Waals surface area contributed by atoms with Crippen LogP contribution in [0.5, 0.6) is 0 Å². The van der Waals surface area contributed by atoms with Gasteiger partial charge in [-0.15, -0.1) is 11.3 Å². The average molecular weight is 336 g/mol. The Bertz CT molecular complexity index is 974. The molecule has 118 valence electrons. The van der Waals surface area contributed by atoms with Gasteiger partial charge in [0.2, 0.25) is 0 Å². The minimum atomic E-state index is -0.520. The third kappa shape index (κ3) is 2.41. The molecule has 0 amide bonds. The van der Waals surface area contributed by atoms with Crippen molar-refractivity contribution in [3.63, 3.8) is 0 Å². The number of nitrogens with zero attached hydrogens (tertiary/aromatic N) is 2.